The van der Waals surface area contributed by atoms with Gasteiger partial charge in [0, 0.05) is 12.8 Å². The van der Waals surface area contributed by atoms with Crippen LogP contribution in [0.25, 0.3) is 0 Å². The van der Waals surface area contributed by atoms with Crippen molar-refractivity contribution in [3.63, 3.8) is 0 Å². The molecule has 0 aliphatic rings. The second kappa shape index (κ2) is 57.2. The lowest BCUT2D eigenvalue weighted by molar-refractivity contribution is -0.870. The number of allylic oxidation sites excluding steroid dienone is 4. The van der Waals surface area contributed by atoms with Crippen LogP contribution in [0.15, 0.2) is 24.3 Å². The van der Waals surface area contributed by atoms with Crippen LogP contribution in [0, 0.1) is 0 Å². The Morgan fingerprint density at radius 3 is 1.05 bits per heavy atom. The molecule has 0 rings (SSSR count). The number of likely N-dealkylation sites (N-methyl/N-ethyl adjacent to an activating group) is 1. The molecule has 75 heavy (non-hydrogen) atoms. The Morgan fingerprint density at radius 1 is 0.413 bits per heavy atom. The maximum Gasteiger partial charge on any atom is 0.472 e. The molecule has 0 saturated heterocycles. The third kappa shape index (κ3) is 61.6. The molecule has 0 aliphatic heterocycles. The first-order valence-electron chi connectivity index (χ1n) is 32.6. The number of unbranched alkanes of at least 4 members (excludes halogenated alkanes) is 43. The zero-order chi connectivity index (χ0) is 54.9. The van der Waals surface area contributed by atoms with Gasteiger partial charge < -0.3 is 18.9 Å². The van der Waals surface area contributed by atoms with Crippen molar-refractivity contribution >= 4 is 19.8 Å². The first-order chi connectivity index (χ1) is 36.5. The largest absolute Gasteiger partial charge is 0.472 e. The third-order valence-electron chi connectivity index (χ3n) is 14.7. The Hall–Kier alpha value is -1.51. The van der Waals surface area contributed by atoms with Crippen LogP contribution in [0.2, 0.25) is 0 Å². The summed E-state index contributed by atoms with van der Waals surface area (Å²) >= 11 is 0. The second-order valence-corrected chi connectivity index (χ2v) is 25.0. The second-order valence-electron chi connectivity index (χ2n) is 23.5. The Balaban J connectivity index is 3.94. The van der Waals surface area contributed by atoms with Crippen molar-refractivity contribution in [2.75, 3.05) is 47.5 Å². The van der Waals surface area contributed by atoms with Gasteiger partial charge in [0.25, 0.3) is 0 Å². The van der Waals surface area contributed by atoms with Gasteiger partial charge in [0.05, 0.1) is 27.7 Å². The van der Waals surface area contributed by atoms with Crippen LogP contribution >= 0.6 is 7.82 Å². The number of nitrogens with zero attached hydrogens (tertiary/aromatic N) is 1. The molecule has 0 aromatic carbocycles. The summed E-state index contributed by atoms with van der Waals surface area (Å²) in [5.41, 5.74) is 0. The molecule has 0 bridgehead atoms. The number of phosphoric ester groups is 1. The lowest BCUT2D eigenvalue weighted by Crippen LogP contribution is -2.37. The average Bonchev–Trinajstić information content (AvgIpc) is 3.37. The summed E-state index contributed by atoms with van der Waals surface area (Å²) in [6, 6.07) is 0. The molecule has 2 atom stereocenters. The number of rotatable bonds is 61. The number of hydrogen-bond donors (Lipinski definition) is 1. The van der Waals surface area contributed by atoms with Crippen molar-refractivity contribution in [2.45, 2.75) is 335 Å². The van der Waals surface area contributed by atoms with Gasteiger partial charge in [-0.05, 0) is 44.9 Å². The summed E-state index contributed by atoms with van der Waals surface area (Å²) in [6.45, 7) is 4.48. The summed E-state index contributed by atoms with van der Waals surface area (Å²) in [7, 11) is 1.50. The van der Waals surface area contributed by atoms with Gasteiger partial charge in [0.1, 0.15) is 19.8 Å². The van der Waals surface area contributed by atoms with E-state index in [1.54, 1.807) is 0 Å². The van der Waals surface area contributed by atoms with Gasteiger partial charge in [0.15, 0.2) is 6.10 Å². The Kier molecular flexibility index (Phi) is 56.0. The van der Waals surface area contributed by atoms with Crippen LogP contribution in [0.5, 0.6) is 0 Å². The molecule has 0 amide bonds. The summed E-state index contributed by atoms with van der Waals surface area (Å²) in [5.74, 6) is -0.776. The zero-order valence-electron chi connectivity index (χ0n) is 50.6. The monoisotopic (exact) mass is 1080 g/mol. The quantitative estimate of drug-likeness (QED) is 0.0211. The van der Waals surface area contributed by atoms with E-state index in [0.29, 0.717) is 17.4 Å². The summed E-state index contributed by atoms with van der Waals surface area (Å²) in [4.78, 5) is 35.7. The summed E-state index contributed by atoms with van der Waals surface area (Å²) in [5, 5.41) is 0. The Bertz CT molecular complexity index is 1320. The normalized spacial score (nSPS) is 13.3. The average molecular weight is 1080 g/mol. The minimum Gasteiger partial charge on any atom is -0.462 e. The van der Waals surface area contributed by atoms with Crippen LogP contribution in [0.3, 0.4) is 0 Å². The van der Waals surface area contributed by atoms with Gasteiger partial charge in [0.2, 0.25) is 0 Å². The molecule has 2 unspecified atom stereocenters. The van der Waals surface area contributed by atoms with Gasteiger partial charge in [-0.15, -0.1) is 0 Å². The molecule has 0 aromatic rings. The third-order valence-corrected chi connectivity index (χ3v) is 15.7. The Labute approximate surface area is 466 Å². The van der Waals surface area contributed by atoms with Crippen LogP contribution in [0.4, 0.5) is 0 Å². The fourth-order valence-corrected chi connectivity index (χ4v) is 10.4. The zero-order valence-corrected chi connectivity index (χ0v) is 51.5. The highest BCUT2D eigenvalue weighted by molar-refractivity contribution is 7.47. The Morgan fingerprint density at radius 2 is 0.720 bits per heavy atom. The van der Waals surface area contributed by atoms with Crippen molar-refractivity contribution < 1.29 is 42.1 Å². The molecule has 10 heteroatoms. The van der Waals surface area contributed by atoms with Gasteiger partial charge in [-0.1, -0.05) is 295 Å². The van der Waals surface area contributed by atoms with Crippen molar-refractivity contribution in [1.29, 1.82) is 0 Å². The number of esters is 2. The highest BCUT2D eigenvalue weighted by Crippen LogP contribution is 2.43. The van der Waals surface area contributed by atoms with E-state index in [1.807, 2.05) is 21.1 Å². The molecule has 0 heterocycles. The fraction of sp³-hybridized carbons (Fsp3) is 0.908. The van der Waals surface area contributed by atoms with Gasteiger partial charge in [-0.2, -0.15) is 0 Å². The maximum absolute atomic E-state index is 12.8. The predicted octanol–water partition coefficient (Wildman–Crippen LogP) is 20.5. The van der Waals surface area contributed by atoms with Gasteiger partial charge in [-0.25, -0.2) is 4.57 Å². The van der Waals surface area contributed by atoms with E-state index < -0.39 is 26.5 Å². The number of carbonyl (C=O) groups is 2. The van der Waals surface area contributed by atoms with Gasteiger partial charge >= 0.3 is 19.8 Å². The first-order valence-corrected chi connectivity index (χ1v) is 34.1. The molecule has 0 fully saturated rings. The lowest BCUT2D eigenvalue weighted by Gasteiger charge is -2.24. The summed E-state index contributed by atoms with van der Waals surface area (Å²) in [6.07, 6.45) is 69.9. The number of carbonyl (C=O) groups excluding carboxylic acids is 2. The van der Waals surface area contributed by atoms with Gasteiger partial charge in [-0.3, -0.25) is 18.6 Å². The highest BCUT2D eigenvalue weighted by Gasteiger charge is 2.27. The molecular weight excluding hydrogens is 954 g/mol. The smallest absolute Gasteiger partial charge is 0.462 e. The molecule has 0 radical (unpaired) electrons. The van der Waals surface area contributed by atoms with E-state index in [4.69, 9.17) is 18.5 Å². The van der Waals surface area contributed by atoms with Crippen molar-refractivity contribution in [3.8, 4) is 0 Å². The number of hydrogen-bond acceptors (Lipinski definition) is 7. The van der Waals surface area contributed by atoms with E-state index in [2.05, 4.69) is 38.2 Å². The van der Waals surface area contributed by atoms with Crippen LogP contribution in [0.1, 0.15) is 328 Å². The fourth-order valence-electron chi connectivity index (χ4n) is 9.70. The minimum absolute atomic E-state index is 0.0359. The van der Waals surface area contributed by atoms with Crippen LogP contribution < -0.4 is 0 Å². The highest BCUT2D eigenvalue weighted by atomic mass is 31.2. The van der Waals surface area contributed by atoms with Crippen LogP contribution in [-0.2, 0) is 32.7 Å². The SMILES string of the molecule is CCCCCCC/C=C\C/C=C\CCCCCCCCCCCCCCCCCCCCCCCCCC(=O)OC(COC(=O)CCCCCCCCCCCCCCCCCC)COP(=O)(O)OCC[N+](C)(C)C. The van der Waals surface area contributed by atoms with Crippen molar-refractivity contribution in [1.82, 2.24) is 0 Å². The van der Waals surface area contributed by atoms with E-state index in [9.17, 15) is 19.0 Å². The van der Waals surface area contributed by atoms with E-state index in [0.717, 1.165) is 44.9 Å². The molecule has 1 N–H and O–H groups in total. The predicted molar refractivity (Wildman–Crippen MR) is 321 cm³/mol. The minimum atomic E-state index is -4.38. The topological polar surface area (TPSA) is 108 Å². The number of ether oxygens (including phenoxy) is 2. The van der Waals surface area contributed by atoms with Crippen molar-refractivity contribution in [2.24, 2.45) is 0 Å². The van der Waals surface area contributed by atoms with E-state index in [1.165, 1.54) is 257 Å². The first kappa shape index (κ1) is 73.5. The molecule has 9 nitrogen and oxygen atoms in total. The molecule has 0 saturated carbocycles. The summed E-state index contributed by atoms with van der Waals surface area (Å²) < 4.78 is 34.6. The molecule has 0 spiro atoms. The van der Waals surface area contributed by atoms with E-state index >= 15 is 0 Å². The molecule has 444 valence electrons. The maximum atomic E-state index is 12.8. The standard InChI is InChI=1S/C65H126NO8P/c1-6-8-10-12-14-16-18-20-22-24-25-26-27-28-29-30-31-32-33-34-35-36-37-38-39-40-41-42-44-46-48-50-52-54-56-58-65(68)74-63(62-73-75(69,70)72-60-59-66(3,4)5)61-71-64(67)57-55-53-51-49-47-45-43-23-21-19-17-15-13-11-9-7-2/h18,20,24-25,63H,6-17,19,21-23,26-62H2,1-5H3/p+1/b20-18-,25-24-. The number of phosphoric acid groups is 1. The van der Waals surface area contributed by atoms with Crippen LogP contribution in [-0.4, -0.2) is 74.9 Å². The van der Waals surface area contributed by atoms with Crippen molar-refractivity contribution in [3.05, 3.63) is 24.3 Å². The molecule has 0 aromatic heterocycles. The molecule has 0 aliphatic carbocycles. The number of quaternary nitrogens is 1. The van der Waals surface area contributed by atoms with E-state index in [-0.39, 0.29) is 25.6 Å². The molecular formula is C65H127NO8P+. The lowest BCUT2D eigenvalue weighted by atomic mass is 10.0.